The largest absolute Gasteiger partial charge is 0.486 e. The molecule has 0 saturated carbocycles. The Morgan fingerprint density at radius 3 is 3.06 bits per heavy atom. The molecule has 0 saturated heterocycles. The predicted molar refractivity (Wildman–Crippen MR) is 64.7 cm³/mol. The second kappa shape index (κ2) is 4.53. The van der Waals surface area contributed by atoms with Crippen molar-refractivity contribution in [1.82, 2.24) is 10.6 Å². The van der Waals surface area contributed by atoms with Crippen molar-refractivity contribution in [2.45, 2.75) is 6.10 Å². The molecule has 0 fully saturated rings. The van der Waals surface area contributed by atoms with Crippen molar-refractivity contribution in [2.75, 3.05) is 26.2 Å². The number of aliphatic imine (C=N–C) groups is 1. The molecule has 90 valence electrons. The summed E-state index contributed by atoms with van der Waals surface area (Å²) in [6.07, 6.45) is 0.0231. The lowest BCUT2D eigenvalue weighted by Gasteiger charge is -2.26. The van der Waals surface area contributed by atoms with Gasteiger partial charge in [-0.2, -0.15) is 0 Å². The second-order valence-corrected chi connectivity index (χ2v) is 4.04. The van der Waals surface area contributed by atoms with Crippen molar-refractivity contribution >= 4 is 5.96 Å². The minimum absolute atomic E-state index is 0.0231. The molecule has 1 aromatic carbocycles. The Balaban J connectivity index is 1.57. The zero-order valence-corrected chi connectivity index (χ0v) is 9.48. The average molecular weight is 233 g/mol. The lowest BCUT2D eigenvalue weighted by molar-refractivity contribution is 0.0936. The number of benzene rings is 1. The first-order valence-corrected chi connectivity index (χ1v) is 5.82. The van der Waals surface area contributed by atoms with E-state index in [1.165, 1.54) is 0 Å². The highest BCUT2D eigenvalue weighted by molar-refractivity contribution is 5.81. The van der Waals surface area contributed by atoms with E-state index in [2.05, 4.69) is 15.6 Å². The summed E-state index contributed by atoms with van der Waals surface area (Å²) in [6, 6.07) is 7.73. The number of nitrogens with zero attached hydrogens (tertiary/aromatic N) is 1. The maximum Gasteiger partial charge on any atom is 0.191 e. The maximum absolute atomic E-state index is 5.82. The van der Waals surface area contributed by atoms with Crippen LogP contribution >= 0.6 is 0 Å². The summed E-state index contributed by atoms with van der Waals surface area (Å²) >= 11 is 0. The van der Waals surface area contributed by atoms with Gasteiger partial charge in [-0.3, -0.25) is 4.99 Å². The smallest absolute Gasteiger partial charge is 0.191 e. The van der Waals surface area contributed by atoms with Crippen molar-refractivity contribution in [2.24, 2.45) is 4.99 Å². The van der Waals surface area contributed by atoms with Gasteiger partial charge in [0.05, 0.1) is 13.1 Å². The zero-order chi connectivity index (χ0) is 11.5. The fourth-order valence-electron chi connectivity index (χ4n) is 1.89. The van der Waals surface area contributed by atoms with Gasteiger partial charge in [0.25, 0.3) is 0 Å². The van der Waals surface area contributed by atoms with E-state index in [1.54, 1.807) is 0 Å². The van der Waals surface area contributed by atoms with Gasteiger partial charge in [-0.05, 0) is 12.1 Å². The van der Waals surface area contributed by atoms with Gasteiger partial charge in [-0.25, -0.2) is 0 Å². The van der Waals surface area contributed by atoms with Crippen LogP contribution in [0.3, 0.4) is 0 Å². The number of guanidine groups is 1. The Morgan fingerprint density at radius 1 is 1.35 bits per heavy atom. The van der Waals surface area contributed by atoms with Gasteiger partial charge < -0.3 is 20.1 Å². The number of rotatable bonds is 2. The highest BCUT2D eigenvalue weighted by atomic mass is 16.6. The SMILES string of the molecule is c1ccc2c(c1)OC[C@@H](CNC1=NCCN1)O2. The van der Waals surface area contributed by atoms with Crippen molar-refractivity contribution < 1.29 is 9.47 Å². The lowest BCUT2D eigenvalue weighted by atomic mass is 10.2. The van der Waals surface area contributed by atoms with Crippen LogP contribution in [0.25, 0.3) is 0 Å². The van der Waals surface area contributed by atoms with E-state index < -0.39 is 0 Å². The molecule has 2 aliphatic rings. The minimum atomic E-state index is 0.0231. The van der Waals surface area contributed by atoms with Crippen molar-refractivity contribution in [3.05, 3.63) is 24.3 Å². The molecule has 0 radical (unpaired) electrons. The predicted octanol–water partition coefficient (Wildman–Crippen LogP) is 0.375. The average Bonchev–Trinajstić information content (AvgIpc) is 2.89. The standard InChI is InChI=1S/C12H15N3O2/c1-2-4-11-10(3-1)16-8-9(17-11)7-15-12-13-5-6-14-12/h1-4,9H,5-8H2,(H2,13,14,15)/t9-/m1/s1. The van der Waals surface area contributed by atoms with Gasteiger partial charge >= 0.3 is 0 Å². The molecule has 2 aliphatic heterocycles. The summed E-state index contributed by atoms with van der Waals surface area (Å²) in [5.74, 6) is 2.49. The summed E-state index contributed by atoms with van der Waals surface area (Å²) in [5, 5.41) is 6.37. The van der Waals surface area contributed by atoms with Gasteiger partial charge in [0.2, 0.25) is 0 Å². The Labute approximate surface area is 99.8 Å². The molecule has 0 spiro atoms. The molecule has 0 amide bonds. The van der Waals surface area contributed by atoms with Crippen LogP contribution in [0, 0.1) is 0 Å². The van der Waals surface area contributed by atoms with Crippen LogP contribution in [-0.4, -0.2) is 38.3 Å². The number of ether oxygens (including phenoxy) is 2. The second-order valence-electron chi connectivity index (χ2n) is 4.04. The Kier molecular flexibility index (Phi) is 2.73. The summed E-state index contributed by atoms with van der Waals surface area (Å²) in [5.41, 5.74) is 0. The fourth-order valence-corrected chi connectivity index (χ4v) is 1.89. The molecule has 3 rings (SSSR count). The molecule has 0 unspecified atom stereocenters. The third-order valence-electron chi connectivity index (χ3n) is 2.74. The minimum Gasteiger partial charge on any atom is -0.486 e. The molecule has 2 N–H and O–H groups in total. The highest BCUT2D eigenvalue weighted by Gasteiger charge is 2.20. The first-order chi connectivity index (χ1) is 8.42. The number of hydrogen-bond donors (Lipinski definition) is 2. The quantitative estimate of drug-likeness (QED) is 0.775. The van der Waals surface area contributed by atoms with E-state index in [0.717, 1.165) is 30.5 Å². The molecular formula is C12H15N3O2. The van der Waals surface area contributed by atoms with E-state index in [9.17, 15) is 0 Å². The Bertz CT molecular complexity index is 434. The molecule has 5 heteroatoms. The zero-order valence-electron chi connectivity index (χ0n) is 9.48. The van der Waals surface area contributed by atoms with Crippen LogP contribution in [0.1, 0.15) is 0 Å². The van der Waals surface area contributed by atoms with Gasteiger partial charge in [0, 0.05) is 6.54 Å². The fraction of sp³-hybridized carbons (Fsp3) is 0.417. The van der Waals surface area contributed by atoms with Crippen molar-refractivity contribution in [3.8, 4) is 11.5 Å². The van der Waals surface area contributed by atoms with Crippen LogP contribution < -0.4 is 20.1 Å². The number of para-hydroxylation sites is 2. The Morgan fingerprint density at radius 2 is 2.24 bits per heavy atom. The topological polar surface area (TPSA) is 54.9 Å². The van der Waals surface area contributed by atoms with Gasteiger partial charge in [-0.1, -0.05) is 12.1 Å². The van der Waals surface area contributed by atoms with E-state index in [0.29, 0.717) is 13.2 Å². The van der Waals surface area contributed by atoms with E-state index in [1.807, 2.05) is 24.3 Å². The van der Waals surface area contributed by atoms with Crippen molar-refractivity contribution in [1.29, 1.82) is 0 Å². The number of nitrogens with one attached hydrogen (secondary N) is 2. The molecule has 5 nitrogen and oxygen atoms in total. The summed E-state index contributed by atoms with van der Waals surface area (Å²) in [6.45, 7) is 3.01. The summed E-state index contributed by atoms with van der Waals surface area (Å²) in [7, 11) is 0. The summed E-state index contributed by atoms with van der Waals surface area (Å²) in [4.78, 5) is 4.26. The van der Waals surface area contributed by atoms with Gasteiger partial charge in [0.1, 0.15) is 12.7 Å². The van der Waals surface area contributed by atoms with E-state index in [-0.39, 0.29) is 6.10 Å². The molecule has 1 atom stereocenters. The maximum atomic E-state index is 5.82. The Hall–Kier alpha value is -1.91. The first kappa shape index (κ1) is 10.3. The monoisotopic (exact) mass is 233 g/mol. The number of hydrogen-bond acceptors (Lipinski definition) is 5. The third kappa shape index (κ3) is 2.27. The molecule has 2 heterocycles. The van der Waals surface area contributed by atoms with Crippen LogP contribution in [0.5, 0.6) is 11.5 Å². The van der Waals surface area contributed by atoms with E-state index in [4.69, 9.17) is 9.47 Å². The van der Waals surface area contributed by atoms with Crippen LogP contribution in [0.15, 0.2) is 29.3 Å². The molecule has 0 aliphatic carbocycles. The van der Waals surface area contributed by atoms with Gasteiger partial charge in [-0.15, -0.1) is 0 Å². The third-order valence-corrected chi connectivity index (χ3v) is 2.74. The van der Waals surface area contributed by atoms with Crippen LogP contribution in [0.2, 0.25) is 0 Å². The van der Waals surface area contributed by atoms with Gasteiger partial charge in [0.15, 0.2) is 17.5 Å². The molecule has 17 heavy (non-hydrogen) atoms. The normalized spacial score (nSPS) is 21.6. The lowest BCUT2D eigenvalue weighted by Crippen LogP contribution is -2.43. The summed E-state index contributed by atoms with van der Waals surface area (Å²) < 4.78 is 11.4. The van der Waals surface area contributed by atoms with Crippen molar-refractivity contribution in [3.63, 3.8) is 0 Å². The molecule has 1 aromatic rings. The van der Waals surface area contributed by atoms with Crippen LogP contribution in [0.4, 0.5) is 0 Å². The highest BCUT2D eigenvalue weighted by Crippen LogP contribution is 2.30. The molecular weight excluding hydrogens is 218 g/mol. The number of fused-ring (bicyclic) bond motifs is 1. The van der Waals surface area contributed by atoms with E-state index >= 15 is 0 Å². The van der Waals surface area contributed by atoms with Crippen LogP contribution in [-0.2, 0) is 0 Å². The molecule has 0 bridgehead atoms. The molecule has 0 aromatic heterocycles. The first-order valence-electron chi connectivity index (χ1n) is 5.82.